The molecule has 1 heterocycles. The highest BCUT2D eigenvalue weighted by atomic mass is 16.5. The number of hydrogen-bond acceptors (Lipinski definition) is 4. The highest BCUT2D eigenvalue weighted by Gasteiger charge is 2.29. The number of ether oxygens (including phenoxy) is 1. The summed E-state index contributed by atoms with van der Waals surface area (Å²) in [4.78, 5) is 12.6. The molecule has 3 rings (SSSR count). The maximum absolute atomic E-state index is 12.6. The van der Waals surface area contributed by atoms with E-state index in [2.05, 4.69) is 53.7 Å². The number of hydrogen-bond donors (Lipinski definition) is 0. The Morgan fingerprint density at radius 2 is 1.93 bits per heavy atom. The second-order valence-corrected chi connectivity index (χ2v) is 8.48. The zero-order valence-electron chi connectivity index (χ0n) is 17.7. The number of ketones is 1. The zero-order valence-corrected chi connectivity index (χ0v) is 17.7. The first-order valence-electron chi connectivity index (χ1n) is 10.5. The van der Waals surface area contributed by atoms with Crippen molar-refractivity contribution in [1.29, 1.82) is 0 Å². The molecule has 1 aromatic carbocycles. The van der Waals surface area contributed by atoms with Crippen LogP contribution in [0.4, 0.5) is 0 Å². The van der Waals surface area contributed by atoms with Gasteiger partial charge in [0.2, 0.25) is 0 Å². The first-order valence-corrected chi connectivity index (χ1v) is 10.5. The Bertz CT molecular complexity index is 806. The first-order chi connectivity index (χ1) is 13.5. The fourth-order valence-electron chi connectivity index (χ4n) is 3.60. The van der Waals surface area contributed by atoms with E-state index in [-0.39, 0.29) is 5.78 Å². The number of methoxy groups -OCH3 is 1. The van der Waals surface area contributed by atoms with Gasteiger partial charge in [-0.3, -0.25) is 4.79 Å². The summed E-state index contributed by atoms with van der Waals surface area (Å²) in [5, 5.41) is 8.88. The number of nitrogens with zero attached hydrogens (tertiary/aromatic N) is 3. The number of aryl methyl sites for hydroxylation is 3. The van der Waals surface area contributed by atoms with Crippen molar-refractivity contribution in [3.05, 3.63) is 46.5 Å². The molecule has 5 heteroatoms. The van der Waals surface area contributed by atoms with Crippen molar-refractivity contribution in [3.8, 4) is 0 Å². The van der Waals surface area contributed by atoms with Crippen molar-refractivity contribution >= 4 is 5.78 Å². The Morgan fingerprint density at radius 3 is 2.57 bits per heavy atom. The van der Waals surface area contributed by atoms with Crippen LogP contribution in [0.1, 0.15) is 73.9 Å². The number of Topliss-reactive ketones (excluding diaryl/α,β-unsaturated/α-hetero) is 1. The molecule has 0 aliphatic heterocycles. The minimum absolute atomic E-state index is 0.256. The predicted molar refractivity (Wildman–Crippen MR) is 110 cm³/mol. The van der Waals surface area contributed by atoms with Crippen LogP contribution in [0.5, 0.6) is 0 Å². The summed E-state index contributed by atoms with van der Waals surface area (Å²) in [7, 11) is 1.69. The quantitative estimate of drug-likeness (QED) is 0.577. The number of aromatic nitrogens is 3. The molecular weight excluding hydrogens is 350 g/mol. The molecular formula is C23H33N3O2. The van der Waals surface area contributed by atoms with Gasteiger partial charge in [0.05, 0.1) is 6.61 Å². The van der Waals surface area contributed by atoms with Crippen LogP contribution < -0.4 is 0 Å². The lowest BCUT2D eigenvalue weighted by Crippen LogP contribution is -2.11. The van der Waals surface area contributed by atoms with E-state index in [0.29, 0.717) is 37.8 Å². The lowest BCUT2D eigenvalue weighted by atomic mass is 9.99. The highest BCUT2D eigenvalue weighted by molar-refractivity contribution is 5.81. The van der Waals surface area contributed by atoms with Crippen LogP contribution in [-0.2, 0) is 35.4 Å². The van der Waals surface area contributed by atoms with Gasteiger partial charge >= 0.3 is 0 Å². The van der Waals surface area contributed by atoms with Crippen molar-refractivity contribution in [1.82, 2.24) is 14.8 Å². The summed E-state index contributed by atoms with van der Waals surface area (Å²) in [6.45, 7) is 7.11. The second kappa shape index (κ2) is 9.46. The predicted octanol–water partition coefficient (Wildman–Crippen LogP) is 4.40. The SMILES string of the molecule is COCc1ccc(C)c(CC(=O)CCc2nnc(CCC(C)C)n2C2CC2)c1. The molecule has 1 fully saturated rings. The highest BCUT2D eigenvalue weighted by Crippen LogP contribution is 2.37. The van der Waals surface area contributed by atoms with Gasteiger partial charge in [0.25, 0.3) is 0 Å². The van der Waals surface area contributed by atoms with E-state index in [1.165, 1.54) is 12.8 Å². The summed E-state index contributed by atoms with van der Waals surface area (Å²) in [5.74, 6) is 3.00. The van der Waals surface area contributed by atoms with Gasteiger partial charge in [-0.25, -0.2) is 0 Å². The van der Waals surface area contributed by atoms with Gasteiger partial charge < -0.3 is 9.30 Å². The topological polar surface area (TPSA) is 57.0 Å². The van der Waals surface area contributed by atoms with Gasteiger partial charge in [0.1, 0.15) is 17.4 Å². The van der Waals surface area contributed by atoms with Crippen LogP contribution in [-0.4, -0.2) is 27.7 Å². The molecule has 1 aromatic heterocycles. The van der Waals surface area contributed by atoms with Crippen molar-refractivity contribution in [2.75, 3.05) is 7.11 Å². The molecule has 0 N–H and O–H groups in total. The molecule has 0 atom stereocenters. The number of carbonyl (C=O) groups excluding carboxylic acids is 1. The average molecular weight is 384 g/mol. The molecule has 152 valence electrons. The standard InChI is InChI=1S/C23H33N3O2/c1-16(2)5-11-22-24-25-23(26(22)20-8-9-20)12-10-21(27)14-19-13-18(15-28-4)7-6-17(19)3/h6-7,13,16,20H,5,8-12,14-15H2,1-4H3. The lowest BCUT2D eigenvalue weighted by molar-refractivity contribution is -0.118. The molecule has 0 amide bonds. The summed E-state index contributed by atoms with van der Waals surface area (Å²) in [5.41, 5.74) is 3.37. The fourth-order valence-corrected chi connectivity index (χ4v) is 3.60. The van der Waals surface area contributed by atoms with E-state index in [1.54, 1.807) is 7.11 Å². The number of benzene rings is 1. The van der Waals surface area contributed by atoms with E-state index < -0.39 is 0 Å². The van der Waals surface area contributed by atoms with Crippen molar-refractivity contribution in [2.24, 2.45) is 5.92 Å². The molecule has 2 aromatic rings. The number of rotatable bonds is 11. The Hall–Kier alpha value is -2.01. The molecule has 0 spiro atoms. The normalized spacial score (nSPS) is 14.0. The molecule has 0 unspecified atom stereocenters. The Morgan fingerprint density at radius 1 is 1.21 bits per heavy atom. The van der Waals surface area contributed by atoms with E-state index in [1.807, 2.05) is 0 Å². The molecule has 28 heavy (non-hydrogen) atoms. The van der Waals surface area contributed by atoms with Gasteiger partial charge in [0.15, 0.2) is 0 Å². The maximum Gasteiger partial charge on any atom is 0.137 e. The molecule has 0 bridgehead atoms. The molecule has 0 saturated heterocycles. The van der Waals surface area contributed by atoms with E-state index in [9.17, 15) is 4.79 Å². The van der Waals surface area contributed by atoms with Crippen LogP contribution in [0.2, 0.25) is 0 Å². The van der Waals surface area contributed by atoms with Crippen LogP contribution in [0.25, 0.3) is 0 Å². The summed E-state index contributed by atoms with van der Waals surface area (Å²) in [6, 6.07) is 6.77. The Labute approximate surface area is 168 Å². The van der Waals surface area contributed by atoms with Gasteiger partial charge in [-0.15, -0.1) is 10.2 Å². The van der Waals surface area contributed by atoms with E-state index >= 15 is 0 Å². The van der Waals surface area contributed by atoms with Crippen molar-refractivity contribution in [3.63, 3.8) is 0 Å². The third-order valence-electron chi connectivity index (χ3n) is 5.43. The van der Waals surface area contributed by atoms with E-state index in [0.717, 1.165) is 41.2 Å². The van der Waals surface area contributed by atoms with Crippen LogP contribution in [0.3, 0.4) is 0 Å². The third kappa shape index (κ3) is 5.51. The molecule has 1 saturated carbocycles. The molecule has 0 radical (unpaired) electrons. The molecule has 1 aliphatic carbocycles. The van der Waals surface area contributed by atoms with Gasteiger partial charge in [-0.2, -0.15) is 0 Å². The van der Waals surface area contributed by atoms with Gasteiger partial charge in [-0.1, -0.05) is 32.0 Å². The number of carbonyl (C=O) groups is 1. The smallest absolute Gasteiger partial charge is 0.137 e. The third-order valence-corrected chi connectivity index (χ3v) is 5.43. The van der Waals surface area contributed by atoms with Crippen molar-refractivity contribution in [2.45, 2.75) is 78.4 Å². The first kappa shape index (κ1) is 20.7. The summed E-state index contributed by atoms with van der Waals surface area (Å²) < 4.78 is 7.53. The summed E-state index contributed by atoms with van der Waals surface area (Å²) in [6.07, 6.45) is 6.19. The van der Waals surface area contributed by atoms with Crippen LogP contribution in [0.15, 0.2) is 18.2 Å². The minimum atomic E-state index is 0.256. The van der Waals surface area contributed by atoms with Crippen LogP contribution >= 0.6 is 0 Å². The second-order valence-electron chi connectivity index (χ2n) is 8.48. The Kier molecular flexibility index (Phi) is 7.00. The minimum Gasteiger partial charge on any atom is -0.380 e. The van der Waals surface area contributed by atoms with Gasteiger partial charge in [-0.05, 0) is 48.8 Å². The summed E-state index contributed by atoms with van der Waals surface area (Å²) >= 11 is 0. The fraction of sp³-hybridized carbons (Fsp3) is 0.609. The molecule has 1 aliphatic rings. The van der Waals surface area contributed by atoms with Crippen molar-refractivity contribution < 1.29 is 9.53 Å². The molecule has 5 nitrogen and oxygen atoms in total. The van der Waals surface area contributed by atoms with Crippen LogP contribution in [0, 0.1) is 12.8 Å². The Balaban J connectivity index is 1.61. The zero-order chi connectivity index (χ0) is 20.1. The van der Waals surface area contributed by atoms with E-state index in [4.69, 9.17) is 4.74 Å². The largest absolute Gasteiger partial charge is 0.380 e. The van der Waals surface area contributed by atoms with Gasteiger partial charge in [0, 0.05) is 38.8 Å². The maximum atomic E-state index is 12.6. The lowest BCUT2D eigenvalue weighted by Gasteiger charge is -2.11. The average Bonchev–Trinajstić information content (AvgIpc) is 3.41. The monoisotopic (exact) mass is 383 g/mol.